The number of rotatable bonds is 5. The van der Waals surface area contributed by atoms with Crippen molar-refractivity contribution in [3.8, 4) is 0 Å². The molecule has 2 unspecified atom stereocenters. The van der Waals surface area contributed by atoms with Gasteiger partial charge in [-0.1, -0.05) is 13.8 Å². The van der Waals surface area contributed by atoms with Gasteiger partial charge in [-0.3, -0.25) is 9.59 Å². The summed E-state index contributed by atoms with van der Waals surface area (Å²) in [5.41, 5.74) is 0. The van der Waals surface area contributed by atoms with E-state index >= 15 is 0 Å². The van der Waals surface area contributed by atoms with Crippen molar-refractivity contribution >= 4 is 23.6 Å². The molecule has 0 aromatic heterocycles. The molecule has 0 aromatic carbocycles. The quantitative estimate of drug-likeness (QED) is 0.813. The van der Waals surface area contributed by atoms with Gasteiger partial charge in [-0.05, 0) is 12.8 Å². The van der Waals surface area contributed by atoms with Crippen molar-refractivity contribution in [3.05, 3.63) is 0 Å². The van der Waals surface area contributed by atoms with Crippen LogP contribution in [0.2, 0.25) is 0 Å². The predicted octanol–water partition coefficient (Wildman–Crippen LogP) is 1.08. The van der Waals surface area contributed by atoms with Crippen LogP contribution in [-0.4, -0.2) is 58.7 Å². The number of aliphatic carboxylic acids is 1. The number of amides is 1. The maximum absolute atomic E-state index is 12.1. The molecule has 0 radical (unpaired) electrons. The van der Waals surface area contributed by atoms with Gasteiger partial charge in [0.25, 0.3) is 0 Å². The van der Waals surface area contributed by atoms with Crippen LogP contribution in [0.4, 0.5) is 0 Å². The van der Waals surface area contributed by atoms with E-state index in [1.165, 1.54) is 11.8 Å². The maximum atomic E-state index is 12.1. The third-order valence-corrected chi connectivity index (χ3v) is 4.52. The molecular weight excluding hydrogens is 254 g/mol. The smallest absolute Gasteiger partial charge is 0.316 e. The van der Waals surface area contributed by atoms with E-state index in [-0.39, 0.29) is 17.1 Å². The average molecular weight is 275 g/mol. The van der Waals surface area contributed by atoms with Gasteiger partial charge >= 0.3 is 5.97 Å². The highest BCUT2D eigenvalue weighted by Crippen LogP contribution is 2.25. The van der Waals surface area contributed by atoms with E-state index in [9.17, 15) is 9.59 Å². The van der Waals surface area contributed by atoms with Crippen molar-refractivity contribution in [2.24, 2.45) is 5.92 Å². The largest absolute Gasteiger partial charge is 0.480 e. The molecule has 104 valence electrons. The fraction of sp³-hybridized carbons (Fsp3) is 0.833. The molecule has 0 spiro atoms. The average Bonchev–Trinajstić information content (AvgIpc) is 2.35. The minimum atomic E-state index is -0.850. The van der Waals surface area contributed by atoms with E-state index in [1.54, 1.807) is 11.8 Å². The fourth-order valence-electron chi connectivity index (χ4n) is 1.82. The SMILES string of the molecule is CC(SC(C(=O)O)C(C)C)C(=O)N1CCOCC1. The summed E-state index contributed by atoms with van der Waals surface area (Å²) in [6, 6.07) is 0. The van der Waals surface area contributed by atoms with Crippen LogP contribution in [0, 0.1) is 5.92 Å². The molecule has 0 saturated carbocycles. The van der Waals surface area contributed by atoms with Crippen LogP contribution in [0.3, 0.4) is 0 Å². The zero-order valence-corrected chi connectivity index (χ0v) is 11.9. The van der Waals surface area contributed by atoms with E-state index in [2.05, 4.69) is 0 Å². The second kappa shape index (κ2) is 6.99. The third-order valence-electron chi connectivity index (χ3n) is 2.87. The Morgan fingerprint density at radius 3 is 2.22 bits per heavy atom. The van der Waals surface area contributed by atoms with Crippen LogP contribution in [0.5, 0.6) is 0 Å². The van der Waals surface area contributed by atoms with Gasteiger partial charge in [0.15, 0.2) is 0 Å². The third kappa shape index (κ3) is 4.17. The van der Waals surface area contributed by atoms with E-state index in [0.29, 0.717) is 26.3 Å². The number of ether oxygens (including phenoxy) is 1. The molecule has 1 aliphatic rings. The van der Waals surface area contributed by atoms with Gasteiger partial charge in [-0.2, -0.15) is 0 Å². The number of carbonyl (C=O) groups is 2. The highest BCUT2D eigenvalue weighted by molar-refractivity contribution is 8.01. The van der Waals surface area contributed by atoms with E-state index in [1.807, 2.05) is 13.8 Å². The van der Waals surface area contributed by atoms with E-state index < -0.39 is 11.2 Å². The number of carbonyl (C=O) groups excluding carboxylic acids is 1. The normalized spacial score (nSPS) is 19.7. The lowest BCUT2D eigenvalue weighted by Crippen LogP contribution is -2.44. The second-order valence-corrected chi connectivity index (χ2v) is 6.21. The van der Waals surface area contributed by atoms with Crippen molar-refractivity contribution in [1.82, 2.24) is 4.90 Å². The van der Waals surface area contributed by atoms with Crippen molar-refractivity contribution in [2.75, 3.05) is 26.3 Å². The van der Waals surface area contributed by atoms with Crippen LogP contribution >= 0.6 is 11.8 Å². The molecule has 1 rings (SSSR count). The van der Waals surface area contributed by atoms with Crippen LogP contribution in [0.25, 0.3) is 0 Å². The van der Waals surface area contributed by atoms with Gasteiger partial charge in [0.05, 0.1) is 18.5 Å². The summed E-state index contributed by atoms with van der Waals surface area (Å²) in [5.74, 6) is -0.834. The van der Waals surface area contributed by atoms with Gasteiger partial charge in [0.2, 0.25) is 5.91 Å². The molecule has 0 aliphatic carbocycles. The first-order valence-electron chi connectivity index (χ1n) is 6.18. The van der Waals surface area contributed by atoms with Gasteiger partial charge in [0.1, 0.15) is 5.25 Å². The Morgan fingerprint density at radius 1 is 1.22 bits per heavy atom. The first kappa shape index (κ1) is 15.3. The number of carboxylic acids is 1. The molecule has 6 heteroatoms. The molecule has 1 heterocycles. The first-order valence-corrected chi connectivity index (χ1v) is 7.12. The van der Waals surface area contributed by atoms with Crippen molar-refractivity contribution in [3.63, 3.8) is 0 Å². The van der Waals surface area contributed by atoms with Gasteiger partial charge in [0, 0.05) is 13.1 Å². The highest BCUT2D eigenvalue weighted by Gasteiger charge is 2.30. The minimum Gasteiger partial charge on any atom is -0.480 e. The lowest BCUT2D eigenvalue weighted by molar-refractivity contribution is -0.137. The molecule has 1 saturated heterocycles. The lowest BCUT2D eigenvalue weighted by Gasteiger charge is -2.30. The molecule has 1 amide bonds. The number of carboxylic acid groups (broad SMARTS) is 1. The Bertz CT molecular complexity index is 302. The number of nitrogens with zero attached hydrogens (tertiary/aromatic N) is 1. The van der Waals surface area contributed by atoms with Crippen molar-refractivity contribution in [2.45, 2.75) is 31.3 Å². The molecule has 0 aromatic rings. The monoisotopic (exact) mass is 275 g/mol. The second-order valence-electron chi connectivity index (χ2n) is 4.72. The van der Waals surface area contributed by atoms with Gasteiger partial charge < -0.3 is 14.7 Å². The van der Waals surface area contributed by atoms with Crippen molar-refractivity contribution in [1.29, 1.82) is 0 Å². The first-order chi connectivity index (χ1) is 8.43. The summed E-state index contributed by atoms with van der Waals surface area (Å²) >= 11 is 1.23. The zero-order chi connectivity index (χ0) is 13.7. The van der Waals surface area contributed by atoms with Crippen molar-refractivity contribution < 1.29 is 19.4 Å². The standard InChI is InChI=1S/C12H21NO4S/c1-8(2)10(12(15)16)18-9(3)11(14)13-4-6-17-7-5-13/h8-10H,4-7H2,1-3H3,(H,15,16). The molecule has 1 N–H and O–H groups in total. The molecule has 1 fully saturated rings. The Labute approximate surface area is 112 Å². The molecule has 1 aliphatic heterocycles. The molecular formula is C12H21NO4S. The summed E-state index contributed by atoms with van der Waals surface area (Å²) < 4.78 is 5.19. The maximum Gasteiger partial charge on any atom is 0.316 e. The zero-order valence-electron chi connectivity index (χ0n) is 11.1. The summed E-state index contributed by atoms with van der Waals surface area (Å²) in [5, 5.41) is 8.25. The number of thioether (sulfide) groups is 1. The molecule has 5 nitrogen and oxygen atoms in total. The Hall–Kier alpha value is -0.750. The Balaban J connectivity index is 2.54. The molecule has 18 heavy (non-hydrogen) atoms. The Kier molecular flexibility index (Phi) is 5.95. The minimum absolute atomic E-state index is 0.00689. The van der Waals surface area contributed by atoms with E-state index in [0.717, 1.165) is 0 Å². The number of hydrogen-bond acceptors (Lipinski definition) is 4. The molecule has 0 bridgehead atoms. The highest BCUT2D eigenvalue weighted by atomic mass is 32.2. The summed E-state index contributed by atoms with van der Waals surface area (Å²) in [6.45, 7) is 7.83. The lowest BCUT2D eigenvalue weighted by atomic mass is 10.1. The van der Waals surface area contributed by atoms with E-state index in [4.69, 9.17) is 9.84 Å². The van der Waals surface area contributed by atoms with Gasteiger partial charge in [-0.15, -0.1) is 11.8 Å². The van der Waals surface area contributed by atoms with Gasteiger partial charge in [-0.25, -0.2) is 0 Å². The Morgan fingerprint density at radius 2 is 1.78 bits per heavy atom. The topological polar surface area (TPSA) is 66.8 Å². The fourth-order valence-corrected chi connectivity index (χ4v) is 2.96. The van der Waals surface area contributed by atoms with Crippen LogP contribution in [0.1, 0.15) is 20.8 Å². The van der Waals surface area contributed by atoms with Crippen LogP contribution in [0.15, 0.2) is 0 Å². The number of morpholine rings is 1. The summed E-state index contributed by atoms with van der Waals surface area (Å²) in [4.78, 5) is 25.0. The van der Waals surface area contributed by atoms with Crippen LogP contribution < -0.4 is 0 Å². The van der Waals surface area contributed by atoms with Crippen LogP contribution in [-0.2, 0) is 14.3 Å². The predicted molar refractivity (Wildman–Crippen MR) is 70.7 cm³/mol. The summed E-state index contributed by atoms with van der Waals surface area (Å²) in [7, 11) is 0. The molecule has 2 atom stereocenters. The number of hydrogen-bond donors (Lipinski definition) is 1. The summed E-state index contributed by atoms with van der Waals surface area (Å²) in [6.07, 6.45) is 0.